The molecule has 4 fully saturated rings. The van der Waals surface area contributed by atoms with Crippen LogP contribution in [-0.4, -0.2) is 5.78 Å². The number of allylic oxidation sites excluding steroid dienone is 1. The predicted octanol–water partition coefficient (Wildman–Crippen LogP) is 1.79. The lowest BCUT2D eigenvalue weighted by atomic mass is 9.70. The molecule has 0 aromatic heterocycles. The molecule has 0 aromatic carbocycles. The van der Waals surface area contributed by atoms with Gasteiger partial charge in [0.05, 0.1) is 0 Å². The molecule has 58 valence electrons. The second-order valence-electron chi connectivity index (χ2n) is 4.30. The Morgan fingerprint density at radius 2 is 2.00 bits per heavy atom. The predicted molar refractivity (Wildman–Crippen MR) is 42.0 cm³/mol. The maximum Gasteiger partial charge on any atom is 0.136 e. The number of hydrogen-bond acceptors (Lipinski definition) is 1. The molecule has 0 spiro atoms. The summed E-state index contributed by atoms with van der Waals surface area (Å²) < 4.78 is 0. The molecule has 4 unspecified atom stereocenters. The number of hydrogen-bond donors (Lipinski definition) is 0. The molecular formula is C10H12O. The van der Waals surface area contributed by atoms with Crippen molar-refractivity contribution in [2.24, 2.45) is 23.7 Å². The summed E-state index contributed by atoms with van der Waals surface area (Å²) in [4.78, 5) is 11.4. The van der Waals surface area contributed by atoms with Crippen LogP contribution in [0, 0.1) is 23.7 Å². The third-order valence-corrected chi connectivity index (χ3v) is 3.95. The lowest BCUT2D eigenvalue weighted by Gasteiger charge is -2.32. The van der Waals surface area contributed by atoms with Crippen LogP contribution in [0.3, 0.4) is 0 Å². The summed E-state index contributed by atoms with van der Waals surface area (Å²) >= 11 is 0. The Morgan fingerprint density at radius 1 is 1.18 bits per heavy atom. The Kier molecular flexibility index (Phi) is 0.869. The molecule has 11 heavy (non-hydrogen) atoms. The van der Waals surface area contributed by atoms with Crippen molar-refractivity contribution in [3.8, 4) is 0 Å². The molecule has 4 aliphatic rings. The van der Waals surface area contributed by atoms with Crippen molar-refractivity contribution in [2.45, 2.75) is 19.3 Å². The molecular weight excluding hydrogens is 136 g/mol. The summed E-state index contributed by atoms with van der Waals surface area (Å²) in [7, 11) is 0. The number of Topliss-reactive ketones (excluding diaryl/α,β-unsaturated/α-hetero) is 1. The van der Waals surface area contributed by atoms with E-state index in [0.717, 1.165) is 18.8 Å². The first-order valence-electron chi connectivity index (χ1n) is 4.49. The fraction of sp³-hybridized carbons (Fsp3) is 0.700. The SMILES string of the molecule is C=C1C2CC3C(=O)CC2CC13. The fourth-order valence-corrected chi connectivity index (χ4v) is 3.42. The molecule has 0 amide bonds. The van der Waals surface area contributed by atoms with E-state index >= 15 is 0 Å². The average Bonchev–Trinajstić information content (AvgIpc) is 2.42. The Hall–Kier alpha value is -0.590. The van der Waals surface area contributed by atoms with Gasteiger partial charge < -0.3 is 0 Å². The van der Waals surface area contributed by atoms with Gasteiger partial charge in [-0.05, 0) is 30.6 Å². The number of fused-ring (bicyclic) bond motifs is 1. The summed E-state index contributed by atoms with van der Waals surface area (Å²) in [6.45, 7) is 4.10. The van der Waals surface area contributed by atoms with Crippen LogP contribution in [0.5, 0.6) is 0 Å². The van der Waals surface area contributed by atoms with E-state index in [9.17, 15) is 4.79 Å². The van der Waals surface area contributed by atoms with Crippen LogP contribution in [0.4, 0.5) is 0 Å². The average molecular weight is 148 g/mol. The van der Waals surface area contributed by atoms with Crippen LogP contribution in [0.25, 0.3) is 0 Å². The highest BCUT2D eigenvalue weighted by atomic mass is 16.1. The van der Waals surface area contributed by atoms with Crippen LogP contribution in [0.2, 0.25) is 0 Å². The monoisotopic (exact) mass is 148 g/mol. The lowest BCUT2D eigenvalue weighted by Crippen LogP contribution is -2.33. The quantitative estimate of drug-likeness (QED) is 0.479. The van der Waals surface area contributed by atoms with E-state index in [0.29, 0.717) is 23.5 Å². The molecule has 0 heterocycles. The first-order chi connectivity index (χ1) is 5.27. The van der Waals surface area contributed by atoms with E-state index < -0.39 is 0 Å². The molecule has 0 radical (unpaired) electrons. The van der Waals surface area contributed by atoms with Gasteiger partial charge in [-0.15, -0.1) is 0 Å². The van der Waals surface area contributed by atoms with Gasteiger partial charge in [0.1, 0.15) is 5.78 Å². The summed E-state index contributed by atoms with van der Waals surface area (Å²) in [5.74, 6) is 2.97. The summed E-state index contributed by atoms with van der Waals surface area (Å²) in [5.41, 5.74) is 1.41. The van der Waals surface area contributed by atoms with Gasteiger partial charge in [0.2, 0.25) is 0 Å². The number of carbonyl (C=O) groups is 1. The minimum absolute atomic E-state index is 0.400. The second-order valence-corrected chi connectivity index (χ2v) is 4.30. The van der Waals surface area contributed by atoms with Crippen molar-refractivity contribution in [3.63, 3.8) is 0 Å². The standard InChI is InChI=1S/C10H12O/c1-5-7-4-9-8(5)2-6(7)3-10(9)11/h6-9H,1-4H2. The highest BCUT2D eigenvalue weighted by Gasteiger charge is 2.55. The highest BCUT2D eigenvalue weighted by Crippen LogP contribution is 2.60. The van der Waals surface area contributed by atoms with Crippen molar-refractivity contribution in [2.75, 3.05) is 0 Å². The minimum Gasteiger partial charge on any atom is -0.299 e. The van der Waals surface area contributed by atoms with Crippen LogP contribution in [0.15, 0.2) is 12.2 Å². The number of ketones is 1. The Bertz CT molecular complexity index is 254. The third kappa shape index (κ3) is 0.524. The molecule has 4 bridgehead atoms. The molecule has 0 saturated heterocycles. The summed E-state index contributed by atoms with van der Waals surface area (Å²) in [6.07, 6.45) is 3.29. The first-order valence-corrected chi connectivity index (χ1v) is 4.49. The molecule has 4 atom stereocenters. The van der Waals surface area contributed by atoms with E-state index in [1.54, 1.807) is 0 Å². The van der Waals surface area contributed by atoms with Crippen LogP contribution in [0.1, 0.15) is 19.3 Å². The first kappa shape index (κ1) is 5.99. The molecule has 1 heteroatoms. The molecule has 4 saturated carbocycles. The van der Waals surface area contributed by atoms with E-state index in [1.165, 1.54) is 12.0 Å². The van der Waals surface area contributed by atoms with E-state index in [1.807, 2.05) is 0 Å². The normalized spacial score (nSPS) is 52.7. The number of rotatable bonds is 0. The molecule has 4 aliphatic carbocycles. The van der Waals surface area contributed by atoms with Crippen molar-refractivity contribution in [1.82, 2.24) is 0 Å². The van der Waals surface area contributed by atoms with Crippen molar-refractivity contribution in [3.05, 3.63) is 12.2 Å². The van der Waals surface area contributed by atoms with E-state index in [-0.39, 0.29) is 0 Å². The Labute approximate surface area is 66.5 Å². The largest absolute Gasteiger partial charge is 0.299 e. The van der Waals surface area contributed by atoms with Crippen molar-refractivity contribution >= 4 is 5.78 Å². The van der Waals surface area contributed by atoms with E-state index in [2.05, 4.69) is 6.58 Å². The van der Waals surface area contributed by atoms with Gasteiger partial charge in [-0.1, -0.05) is 12.2 Å². The topological polar surface area (TPSA) is 17.1 Å². The minimum atomic E-state index is 0.400. The Morgan fingerprint density at radius 3 is 2.45 bits per heavy atom. The van der Waals surface area contributed by atoms with Crippen molar-refractivity contribution < 1.29 is 4.79 Å². The zero-order valence-electron chi connectivity index (χ0n) is 6.55. The van der Waals surface area contributed by atoms with Gasteiger partial charge in [-0.3, -0.25) is 4.79 Å². The lowest BCUT2D eigenvalue weighted by molar-refractivity contribution is -0.129. The molecule has 4 rings (SSSR count). The zero-order chi connectivity index (χ0) is 7.59. The maximum atomic E-state index is 11.4. The van der Waals surface area contributed by atoms with Gasteiger partial charge >= 0.3 is 0 Å². The van der Waals surface area contributed by atoms with Gasteiger partial charge in [0.15, 0.2) is 0 Å². The van der Waals surface area contributed by atoms with Gasteiger partial charge in [-0.25, -0.2) is 0 Å². The second kappa shape index (κ2) is 1.60. The van der Waals surface area contributed by atoms with Crippen LogP contribution < -0.4 is 0 Å². The smallest absolute Gasteiger partial charge is 0.136 e. The molecule has 0 N–H and O–H groups in total. The van der Waals surface area contributed by atoms with E-state index in [4.69, 9.17) is 0 Å². The summed E-state index contributed by atoms with van der Waals surface area (Å²) in [5, 5.41) is 0. The van der Waals surface area contributed by atoms with Gasteiger partial charge in [-0.2, -0.15) is 0 Å². The fourth-order valence-electron chi connectivity index (χ4n) is 3.42. The molecule has 1 nitrogen and oxygen atoms in total. The third-order valence-electron chi connectivity index (χ3n) is 3.95. The van der Waals surface area contributed by atoms with Crippen LogP contribution >= 0.6 is 0 Å². The Balaban J connectivity index is 2.11. The zero-order valence-corrected chi connectivity index (χ0v) is 6.55. The van der Waals surface area contributed by atoms with Gasteiger partial charge in [0.25, 0.3) is 0 Å². The molecule has 0 aromatic rings. The highest BCUT2D eigenvalue weighted by molar-refractivity contribution is 5.85. The number of carbonyl (C=O) groups excluding carboxylic acids is 1. The maximum absolute atomic E-state index is 11.4. The summed E-state index contributed by atoms with van der Waals surface area (Å²) in [6, 6.07) is 0. The van der Waals surface area contributed by atoms with Crippen molar-refractivity contribution in [1.29, 1.82) is 0 Å². The van der Waals surface area contributed by atoms with Gasteiger partial charge in [0, 0.05) is 12.3 Å². The van der Waals surface area contributed by atoms with Crippen LogP contribution in [-0.2, 0) is 4.79 Å². The molecule has 0 aliphatic heterocycles.